The van der Waals surface area contributed by atoms with Gasteiger partial charge in [-0.3, -0.25) is 4.79 Å². The maximum Gasteiger partial charge on any atom is 0.186 e. The first-order chi connectivity index (χ1) is 14.9. The molecule has 0 amide bonds. The van der Waals surface area contributed by atoms with Crippen molar-refractivity contribution < 1.29 is 47.3 Å². The van der Waals surface area contributed by atoms with Crippen LogP contribution in [0.25, 0.3) is 4.85 Å². The number of carbonyl (C=O) groups is 1. The number of Topliss-reactive ketones (excluding diaryl/α,β-unsaturated/α-hetero) is 1. The maximum absolute atomic E-state index is 12.8. The first-order valence-electron chi connectivity index (χ1n) is 10.5. The number of aliphatic hydroxyl groups is 1. The topological polar surface area (TPSA) is 50.9 Å². The molecule has 2 aromatic carbocycles. The molecule has 0 aliphatic heterocycles. The molecule has 1 radical (unpaired) electrons. The minimum Gasteiger partial charge on any atom is -0.388 e. The zero-order chi connectivity index (χ0) is 22.4. The molecule has 165 valence electrons. The van der Waals surface area contributed by atoms with Gasteiger partial charge in [0.2, 0.25) is 0 Å². The maximum atomic E-state index is 12.8. The SMILES string of the molecule is [C-]#[N+]C1=C(Br)C(=O)[C@H](COCc2c[c-]ccc2)[C@H]1CCc1cccc(C(O)C(C)C)c1.[Y]. The zero-order valence-electron chi connectivity index (χ0n) is 18.4. The van der Waals surface area contributed by atoms with Crippen molar-refractivity contribution in [3.8, 4) is 0 Å². The van der Waals surface area contributed by atoms with E-state index in [1.54, 1.807) is 0 Å². The Hall–Kier alpha value is -1.16. The number of hydrogen-bond acceptors (Lipinski definition) is 3. The van der Waals surface area contributed by atoms with Gasteiger partial charge in [-0.15, -0.1) is 5.56 Å². The van der Waals surface area contributed by atoms with Crippen LogP contribution in [0.1, 0.15) is 43.1 Å². The largest absolute Gasteiger partial charge is 0.388 e. The summed E-state index contributed by atoms with van der Waals surface area (Å²) in [7, 11) is 0. The molecule has 0 bridgehead atoms. The second-order valence-corrected chi connectivity index (χ2v) is 9.08. The molecule has 3 rings (SSSR count). The molecule has 2 aromatic rings. The zero-order valence-corrected chi connectivity index (χ0v) is 22.8. The second-order valence-electron chi connectivity index (χ2n) is 8.29. The van der Waals surface area contributed by atoms with E-state index in [0.717, 1.165) is 23.1 Å². The summed E-state index contributed by atoms with van der Waals surface area (Å²) < 4.78 is 6.24. The number of ketones is 1. The van der Waals surface area contributed by atoms with Gasteiger partial charge in [-0.1, -0.05) is 60.5 Å². The van der Waals surface area contributed by atoms with Crippen molar-refractivity contribution in [1.29, 1.82) is 0 Å². The summed E-state index contributed by atoms with van der Waals surface area (Å²) in [4.78, 5) is 16.4. The van der Waals surface area contributed by atoms with Crippen LogP contribution in [-0.2, 0) is 55.3 Å². The molecule has 0 heterocycles. The third kappa shape index (κ3) is 6.68. The molecule has 3 atom stereocenters. The van der Waals surface area contributed by atoms with Gasteiger partial charge >= 0.3 is 0 Å². The minimum atomic E-state index is -0.503. The molecule has 1 aliphatic rings. The number of benzene rings is 2. The Morgan fingerprint density at radius 3 is 2.62 bits per heavy atom. The van der Waals surface area contributed by atoms with Crippen molar-refractivity contribution in [3.63, 3.8) is 0 Å². The third-order valence-corrected chi connectivity index (χ3v) is 6.54. The van der Waals surface area contributed by atoms with Gasteiger partial charge in [0.25, 0.3) is 0 Å². The van der Waals surface area contributed by atoms with Crippen LogP contribution in [0.5, 0.6) is 0 Å². The first-order valence-corrected chi connectivity index (χ1v) is 11.3. The smallest absolute Gasteiger partial charge is 0.186 e. The molecule has 0 aromatic heterocycles. The Balaban J connectivity index is 0.00000363. The van der Waals surface area contributed by atoms with E-state index in [4.69, 9.17) is 11.3 Å². The van der Waals surface area contributed by atoms with E-state index in [2.05, 4.69) is 26.8 Å². The van der Waals surface area contributed by atoms with Crippen LogP contribution in [0.2, 0.25) is 0 Å². The number of allylic oxidation sites excluding steroid dienone is 2. The van der Waals surface area contributed by atoms with Crippen molar-refractivity contribution in [1.82, 2.24) is 0 Å². The summed E-state index contributed by atoms with van der Waals surface area (Å²) in [6.45, 7) is 12.2. The Morgan fingerprint density at radius 2 is 1.97 bits per heavy atom. The third-order valence-electron chi connectivity index (χ3n) is 5.74. The molecular weight excluding hydrogens is 543 g/mol. The average Bonchev–Trinajstić information content (AvgIpc) is 3.01. The molecule has 0 fully saturated rings. The number of ether oxygens (including phenoxy) is 1. The normalized spacial score (nSPS) is 19.1. The van der Waals surface area contributed by atoms with Crippen molar-refractivity contribution in [2.24, 2.45) is 17.8 Å². The van der Waals surface area contributed by atoms with E-state index in [1.807, 2.05) is 62.4 Å². The number of rotatable bonds is 9. The Labute approximate surface area is 224 Å². The fraction of sp³-hybridized carbons (Fsp3) is 0.385. The fourth-order valence-corrected chi connectivity index (χ4v) is 4.63. The van der Waals surface area contributed by atoms with Crippen LogP contribution in [0.4, 0.5) is 0 Å². The standard InChI is InChI=1S/C26H27BrNO3.Y/c1-17(2)25(29)20-11-7-10-18(14-20)12-13-21-22(26(30)23(27)24(21)28-3)16-31-15-19-8-5-4-6-9-19;/h4-5,7-11,14,17,21-22,25,29H,12-13,15-16H2,1-2H3;/q-1;/t21-,22-,25?;/m1./s1. The Bertz CT molecular complexity index is 984. The monoisotopic (exact) mass is 569 g/mol. The van der Waals surface area contributed by atoms with E-state index in [9.17, 15) is 9.90 Å². The molecule has 0 saturated heterocycles. The Kier molecular flexibility index (Phi) is 10.9. The van der Waals surface area contributed by atoms with Gasteiger partial charge in [0.15, 0.2) is 11.5 Å². The van der Waals surface area contributed by atoms with Crippen molar-refractivity contribution >= 4 is 21.7 Å². The molecule has 32 heavy (non-hydrogen) atoms. The molecule has 1 N–H and O–H groups in total. The van der Waals surface area contributed by atoms with Crippen LogP contribution in [0, 0.1) is 30.4 Å². The summed E-state index contributed by atoms with van der Waals surface area (Å²) in [5, 5.41) is 10.4. The summed E-state index contributed by atoms with van der Waals surface area (Å²) >= 11 is 3.34. The second kappa shape index (κ2) is 12.9. The minimum absolute atomic E-state index is 0. The summed E-state index contributed by atoms with van der Waals surface area (Å²) in [6, 6.07) is 18.5. The van der Waals surface area contributed by atoms with Gasteiger partial charge < -0.3 is 9.84 Å². The van der Waals surface area contributed by atoms with E-state index >= 15 is 0 Å². The van der Waals surface area contributed by atoms with Crippen LogP contribution in [0.15, 0.2) is 58.7 Å². The van der Waals surface area contributed by atoms with Gasteiger partial charge in [0.1, 0.15) is 0 Å². The molecule has 0 saturated carbocycles. The quantitative estimate of drug-likeness (QED) is 0.396. The molecule has 4 nitrogen and oxygen atoms in total. The number of nitrogens with zero attached hydrogens (tertiary/aromatic N) is 1. The number of carbonyl (C=O) groups excluding carboxylic acids is 1. The van der Waals surface area contributed by atoms with Crippen LogP contribution in [0.3, 0.4) is 0 Å². The van der Waals surface area contributed by atoms with E-state index in [-0.39, 0.29) is 62.9 Å². The molecule has 1 aliphatic carbocycles. The van der Waals surface area contributed by atoms with Crippen LogP contribution in [-0.4, -0.2) is 17.5 Å². The number of aryl methyl sites for hydroxylation is 1. The van der Waals surface area contributed by atoms with Gasteiger partial charge in [-0.2, -0.15) is 30.3 Å². The van der Waals surface area contributed by atoms with Gasteiger partial charge in [-0.05, 0) is 23.5 Å². The number of halogens is 1. The molecular formula is C26H27BrNO3Y-. The van der Waals surface area contributed by atoms with Gasteiger partial charge in [0.05, 0.1) is 23.8 Å². The number of aliphatic hydroxyl groups excluding tert-OH is 1. The van der Waals surface area contributed by atoms with Gasteiger partial charge in [0, 0.05) is 51.2 Å². The van der Waals surface area contributed by atoms with E-state index in [0.29, 0.717) is 23.2 Å². The van der Waals surface area contributed by atoms with Crippen molar-refractivity contribution in [3.05, 3.63) is 92.9 Å². The number of hydrogen-bond donors (Lipinski definition) is 1. The summed E-state index contributed by atoms with van der Waals surface area (Å²) in [5.74, 6) is -0.463. The summed E-state index contributed by atoms with van der Waals surface area (Å²) in [6.07, 6.45) is 0.893. The van der Waals surface area contributed by atoms with Gasteiger partial charge in [-0.25, -0.2) is 4.85 Å². The first kappa shape index (κ1) is 27.1. The van der Waals surface area contributed by atoms with Crippen molar-refractivity contribution in [2.45, 2.75) is 39.4 Å². The van der Waals surface area contributed by atoms with E-state index in [1.165, 1.54) is 0 Å². The van der Waals surface area contributed by atoms with Crippen LogP contribution >= 0.6 is 15.9 Å². The average molecular weight is 570 g/mol. The molecule has 1 unspecified atom stereocenters. The Morgan fingerprint density at radius 1 is 1.22 bits per heavy atom. The molecule has 0 spiro atoms. The van der Waals surface area contributed by atoms with Crippen molar-refractivity contribution in [2.75, 3.05) is 6.61 Å². The molecule has 6 heteroatoms. The predicted octanol–water partition coefficient (Wildman–Crippen LogP) is 5.66. The summed E-state index contributed by atoms with van der Waals surface area (Å²) in [5.41, 5.74) is 3.49. The van der Waals surface area contributed by atoms with E-state index < -0.39 is 6.10 Å². The predicted molar refractivity (Wildman–Crippen MR) is 124 cm³/mol. The fourth-order valence-electron chi connectivity index (χ4n) is 3.95. The van der Waals surface area contributed by atoms with Crippen LogP contribution < -0.4 is 0 Å².